The molecular formula is C13H11BrN4S. The van der Waals surface area contributed by atoms with Crippen LogP contribution in [-0.4, -0.2) is 20.8 Å². The van der Waals surface area contributed by atoms with Gasteiger partial charge in [-0.1, -0.05) is 12.1 Å². The van der Waals surface area contributed by atoms with Crippen LogP contribution in [0.25, 0.3) is 16.9 Å². The number of fused-ring (bicyclic) bond motifs is 1. The lowest BCUT2D eigenvalue weighted by Gasteiger charge is -2.09. The van der Waals surface area contributed by atoms with Gasteiger partial charge in [0.1, 0.15) is 5.52 Å². The topological polar surface area (TPSA) is 56.7 Å². The molecular weight excluding hydrogens is 324 g/mol. The highest BCUT2D eigenvalue weighted by molar-refractivity contribution is 9.10. The van der Waals surface area contributed by atoms with Gasteiger partial charge < -0.3 is 5.73 Å². The number of nitrogens with two attached hydrogens (primary N) is 1. The zero-order valence-corrected chi connectivity index (χ0v) is 12.6. The van der Waals surface area contributed by atoms with Crippen molar-refractivity contribution in [3.63, 3.8) is 0 Å². The summed E-state index contributed by atoms with van der Waals surface area (Å²) in [5.41, 5.74) is 8.60. The Morgan fingerprint density at radius 3 is 2.89 bits per heavy atom. The van der Waals surface area contributed by atoms with E-state index >= 15 is 0 Å². The third kappa shape index (κ3) is 2.11. The minimum absolute atomic E-state index is 0.446. The lowest BCUT2D eigenvalue weighted by molar-refractivity contribution is 1.05. The Balaban J connectivity index is 2.33. The zero-order chi connectivity index (χ0) is 13.4. The maximum Gasteiger partial charge on any atom is 0.207 e. The first kappa shape index (κ1) is 12.5. The summed E-state index contributed by atoms with van der Waals surface area (Å²) in [5.74, 6) is 0.446. The van der Waals surface area contributed by atoms with E-state index in [1.165, 1.54) is 0 Å². The molecule has 0 fully saturated rings. The Morgan fingerprint density at radius 2 is 2.11 bits per heavy atom. The highest BCUT2D eigenvalue weighted by atomic mass is 79.9. The maximum absolute atomic E-state index is 6.05. The van der Waals surface area contributed by atoms with E-state index in [-0.39, 0.29) is 0 Å². The van der Waals surface area contributed by atoms with E-state index in [9.17, 15) is 0 Å². The van der Waals surface area contributed by atoms with Crippen LogP contribution in [0.2, 0.25) is 0 Å². The van der Waals surface area contributed by atoms with Crippen LogP contribution in [0.3, 0.4) is 0 Å². The van der Waals surface area contributed by atoms with Crippen molar-refractivity contribution in [1.29, 1.82) is 0 Å². The number of rotatable bonds is 2. The van der Waals surface area contributed by atoms with Crippen LogP contribution >= 0.6 is 27.7 Å². The van der Waals surface area contributed by atoms with Gasteiger partial charge in [0.2, 0.25) is 5.95 Å². The molecule has 0 aliphatic heterocycles. The second-order valence-corrected chi connectivity index (χ2v) is 5.74. The third-order valence-corrected chi connectivity index (χ3v) is 4.03. The molecule has 0 bridgehead atoms. The summed E-state index contributed by atoms with van der Waals surface area (Å²) in [6, 6.07) is 9.99. The number of imidazole rings is 1. The van der Waals surface area contributed by atoms with E-state index in [0.717, 1.165) is 26.2 Å². The molecule has 1 aromatic carbocycles. The van der Waals surface area contributed by atoms with Crippen molar-refractivity contribution in [3.8, 4) is 5.69 Å². The molecule has 2 aromatic heterocycles. The standard InChI is InChI=1S/C13H11BrN4S/c1-19-11-5-3-2-4-10(11)18-12-9(17-13(18)15)6-8(14)7-16-12/h2-7H,1H3,(H2,15,17). The molecule has 0 radical (unpaired) electrons. The van der Waals surface area contributed by atoms with Crippen molar-refractivity contribution in [2.75, 3.05) is 12.0 Å². The third-order valence-electron chi connectivity index (χ3n) is 2.82. The summed E-state index contributed by atoms with van der Waals surface area (Å²) in [5, 5.41) is 0. The minimum Gasteiger partial charge on any atom is -0.369 e. The fourth-order valence-corrected chi connectivity index (χ4v) is 2.91. The van der Waals surface area contributed by atoms with Gasteiger partial charge in [-0.25, -0.2) is 9.97 Å². The predicted molar refractivity (Wildman–Crippen MR) is 82.8 cm³/mol. The zero-order valence-electron chi connectivity index (χ0n) is 10.2. The lowest BCUT2D eigenvalue weighted by atomic mass is 10.3. The first-order valence-corrected chi connectivity index (χ1v) is 7.65. The van der Waals surface area contributed by atoms with Gasteiger partial charge in [0.15, 0.2) is 5.65 Å². The van der Waals surface area contributed by atoms with Gasteiger partial charge in [-0.15, -0.1) is 11.8 Å². The number of halogens is 1. The largest absolute Gasteiger partial charge is 0.369 e. The fraction of sp³-hybridized carbons (Fsp3) is 0.0769. The fourth-order valence-electron chi connectivity index (χ4n) is 2.01. The molecule has 19 heavy (non-hydrogen) atoms. The van der Waals surface area contributed by atoms with Crippen molar-refractivity contribution in [3.05, 3.63) is 41.0 Å². The molecule has 0 saturated carbocycles. The van der Waals surface area contributed by atoms with Gasteiger partial charge in [0.05, 0.1) is 5.69 Å². The molecule has 2 N–H and O–H groups in total. The second-order valence-electron chi connectivity index (χ2n) is 3.97. The summed E-state index contributed by atoms with van der Waals surface area (Å²) in [4.78, 5) is 9.92. The summed E-state index contributed by atoms with van der Waals surface area (Å²) in [7, 11) is 0. The number of nitrogens with zero attached hydrogens (tertiary/aromatic N) is 3. The smallest absolute Gasteiger partial charge is 0.207 e. The molecule has 0 unspecified atom stereocenters. The van der Waals surface area contributed by atoms with E-state index in [4.69, 9.17) is 5.73 Å². The molecule has 0 atom stereocenters. The molecule has 3 rings (SSSR count). The molecule has 0 aliphatic rings. The monoisotopic (exact) mass is 334 g/mol. The Kier molecular flexibility index (Phi) is 3.20. The number of hydrogen-bond acceptors (Lipinski definition) is 4. The van der Waals surface area contributed by atoms with E-state index in [1.807, 2.05) is 35.1 Å². The van der Waals surface area contributed by atoms with Crippen LogP contribution in [0.5, 0.6) is 0 Å². The average Bonchev–Trinajstić information content (AvgIpc) is 2.73. The number of anilines is 1. The van der Waals surface area contributed by atoms with Gasteiger partial charge in [-0.2, -0.15) is 0 Å². The number of para-hydroxylation sites is 1. The Labute approximate surface area is 123 Å². The number of thioether (sulfide) groups is 1. The lowest BCUT2D eigenvalue weighted by Crippen LogP contribution is -2.02. The van der Waals surface area contributed by atoms with Crippen LogP contribution < -0.4 is 5.73 Å². The van der Waals surface area contributed by atoms with Crippen LogP contribution in [0.15, 0.2) is 45.9 Å². The summed E-state index contributed by atoms with van der Waals surface area (Å²) in [6.07, 6.45) is 3.79. The Hall–Kier alpha value is -1.53. The van der Waals surface area contributed by atoms with Crippen LogP contribution in [-0.2, 0) is 0 Å². The Morgan fingerprint density at radius 1 is 1.32 bits per heavy atom. The van der Waals surface area contributed by atoms with Gasteiger partial charge in [0.25, 0.3) is 0 Å². The maximum atomic E-state index is 6.05. The van der Waals surface area contributed by atoms with Gasteiger partial charge >= 0.3 is 0 Å². The first-order valence-electron chi connectivity index (χ1n) is 5.63. The van der Waals surface area contributed by atoms with Crippen molar-refractivity contribution in [1.82, 2.24) is 14.5 Å². The van der Waals surface area contributed by atoms with E-state index in [1.54, 1.807) is 18.0 Å². The van der Waals surface area contributed by atoms with Gasteiger partial charge in [-0.05, 0) is 40.4 Å². The first-order chi connectivity index (χ1) is 9.20. The van der Waals surface area contributed by atoms with E-state index in [0.29, 0.717) is 5.95 Å². The highest BCUT2D eigenvalue weighted by Crippen LogP contribution is 2.29. The molecule has 0 amide bonds. The van der Waals surface area contributed by atoms with Gasteiger partial charge in [0, 0.05) is 15.6 Å². The van der Waals surface area contributed by atoms with E-state index < -0.39 is 0 Å². The predicted octanol–water partition coefficient (Wildman–Crippen LogP) is 3.49. The second kappa shape index (κ2) is 4.86. The molecule has 6 heteroatoms. The molecule has 96 valence electrons. The van der Waals surface area contributed by atoms with Crippen LogP contribution in [0.1, 0.15) is 0 Å². The minimum atomic E-state index is 0.446. The molecule has 4 nitrogen and oxygen atoms in total. The van der Waals surface area contributed by atoms with Gasteiger partial charge in [-0.3, -0.25) is 4.57 Å². The average molecular weight is 335 g/mol. The summed E-state index contributed by atoms with van der Waals surface area (Å²) >= 11 is 5.07. The van der Waals surface area contributed by atoms with Crippen molar-refractivity contribution in [2.45, 2.75) is 4.90 Å². The SMILES string of the molecule is CSc1ccccc1-n1c(N)nc2cc(Br)cnc21. The highest BCUT2D eigenvalue weighted by Gasteiger charge is 2.13. The summed E-state index contributed by atoms with van der Waals surface area (Å²) < 4.78 is 2.77. The van der Waals surface area contributed by atoms with Crippen LogP contribution in [0, 0.1) is 0 Å². The van der Waals surface area contributed by atoms with E-state index in [2.05, 4.69) is 32.0 Å². The number of hydrogen-bond donors (Lipinski definition) is 1. The van der Waals surface area contributed by atoms with Crippen molar-refractivity contribution < 1.29 is 0 Å². The quantitative estimate of drug-likeness (QED) is 0.729. The molecule has 3 aromatic rings. The molecule has 0 spiro atoms. The number of pyridine rings is 1. The molecule has 0 aliphatic carbocycles. The van der Waals surface area contributed by atoms with Crippen molar-refractivity contribution >= 4 is 44.8 Å². The Bertz CT molecular complexity index is 753. The number of benzene rings is 1. The normalized spacial score (nSPS) is 11.1. The number of nitrogen functional groups attached to an aromatic ring is 1. The summed E-state index contributed by atoms with van der Waals surface area (Å²) in [6.45, 7) is 0. The number of aromatic nitrogens is 3. The van der Waals surface area contributed by atoms with Crippen LogP contribution in [0.4, 0.5) is 5.95 Å². The van der Waals surface area contributed by atoms with Crippen molar-refractivity contribution in [2.24, 2.45) is 0 Å². The molecule has 0 saturated heterocycles. The molecule has 2 heterocycles.